The SMILES string of the molecule is COc1cc(-c2nnc3cc(Cl)nc(C)n23)ccc1F. The molecule has 7 heteroatoms. The molecule has 0 fully saturated rings. The molecule has 0 saturated heterocycles. The summed E-state index contributed by atoms with van der Waals surface area (Å²) in [5, 5.41) is 8.51. The molecule has 0 spiro atoms. The van der Waals surface area contributed by atoms with Gasteiger partial charge in [-0.3, -0.25) is 4.40 Å². The van der Waals surface area contributed by atoms with Gasteiger partial charge < -0.3 is 4.74 Å². The highest BCUT2D eigenvalue weighted by atomic mass is 35.5. The number of aromatic nitrogens is 4. The van der Waals surface area contributed by atoms with E-state index in [0.29, 0.717) is 28.0 Å². The zero-order valence-corrected chi connectivity index (χ0v) is 11.5. The van der Waals surface area contributed by atoms with Crippen molar-refractivity contribution < 1.29 is 9.13 Å². The van der Waals surface area contributed by atoms with Crippen molar-refractivity contribution in [1.82, 2.24) is 19.6 Å². The normalized spacial score (nSPS) is 11.0. The molecule has 0 atom stereocenters. The van der Waals surface area contributed by atoms with E-state index in [-0.39, 0.29) is 5.75 Å². The summed E-state index contributed by atoms with van der Waals surface area (Å²) in [5.74, 6) is 0.928. The van der Waals surface area contributed by atoms with Gasteiger partial charge in [-0.2, -0.15) is 0 Å². The molecule has 3 aromatic rings. The Morgan fingerprint density at radius 3 is 2.80 bits per heavy atom. The number of aryl methyl sites for hydroxylation is 1. The predicted octanol–water partition coefficient (Wildman–Crippen LogP) is 2.90. The van der Waals surface area contributed by atoms with Gasteiger partial charge in [0.2, 0.25) is 0 Å². The monoisotopic (exact) mass is 292 g/mol. The highest BCUT2D eigenvalue weighted by Crippen LogP contribution is 2.26. The number of hydrogen-bond acceptors (Lipinski definition) is 4. The summed E-state index contributed by atoms with van der Waals surface area (Å²) in [4.78, 5) is 4.16. The van der Waals surface area contributed by atoms with Crippen LogP contribution in [0.2, 0.25) is 5.15 Å². The lowest BCUT2D eigenvalue weighted by Crippen LogP contribution is -1.98. The van der Waals surface area contributed by atoms with Crippen LogP contribution in [0.25, 0.3) is 17.0 Å². The number of methoxy groups -OCH3 is 1. The lowest BCUT2D eigenvalue weighted by atomic mass is 10.2. The van der Waals surface area contributed by atoms with E-state index in [1.54, 1.807) is 29.5 Å². The Morgan fingerprint density at radius 2 is 2.05 bits per heavy atom. The summed E-state index contributed by atoms with van der Waals surface area (Å²) in [5.41, 5.74) is 1.27. The summed E-state index contributed by atoms with van der Waals surface area (Å²) in [6.45, 7) is 1.80. The Kier molecular flexibility index (Phi) is 3.02. The average Bonchev–Trinajstić information content (AvgIpc) is 2.83. The van der Waals surface area contributed by atoms with Crippen molar-refractivity contribution in [2.75, 3.05) is 7.11 Å². The highest BCUT2D eigenvalue weighted by Gasteiger charge is 2.14. The maximum absolute atomic E-state index is 13.5. The number of ether oxygens (including phenoxy) is 1. The third-order valence-electron chi connectivity index (χ3n) is 2.94. The first kappa shape index (κ1) is 12.8. The number of nitrogens with zero attached hydrogens (tertiary/aromatic N) is 4. The minimum absolute atomic E-state index is 0.152. The van der Waals surface area contributed by atoms with Crippen molar-refractivity contribution in [3.63, 3.8) is 0 Å². The van der Waals surface area contributed by atoms with E-state index in [1.807, 2.05) is 0 Å². The zero-order valence-electron chi connectivity index (χ0n) is 10.8. The van der Waals surface area contributed by atoms with Crippen molar-refractivity contribution in [3.05, 3.63) is 41.1 Å². The molecule has 0 saturated carbocycles. The lowest BCUT2D eigenvalue weighted by molar-refractivity contribution is 0.386. The standard InChI is InChI=1S/C13H10ClFN4O/c1-7-16-11(14)6-12-17-18-13(19(7)12)8-3-4-9(15)10(5-8)20-2/h3-6H,1-2H3. The van der Waals surface area contributed by atoms with Crippen molar-refractivity contribution in [3.8, 4) is 17.1 Å². The third-order valence-corrected chi connectivity index (χ3v) is 3.13. The third kappa shape index (κ3) is 1.98. The topological polar surface area (TPSA) is 52.3 Å². The number of halogens is 2. The Hall–Kier alpha value is -2.21. The molecule has 0 bridgehead atoms. The maximum Gasteiger partial charge on any atom is 0.169 e. The molecule has 0 radical (unpaired) electrons. The van der Waals surface area contributed by atoms with E-state index < -0.39 is 5.82 Å². The smallest absolute Gasteiger partial charge is 0.169 e. The second kappa shape index (κ2) is 4.72. The van der Waals surface area contributed by atoms with Crippen molar-refractivity contribution in [2.45, 2.75) is 6.92 Å². The molecule has 2 heterocycles. The van der Waals surface area contributed by atoms with Crippen molar-refractivity contribution in [1.29, 1.82) is 0 Å². The summed E-state index contributed by atoms with van der Waals surface area (Å²) in [7, 11) is 1.41. The van der Waals surface area contributed by atoms with Crippen LogP contribution in [0.1, 0.15) is 5.82 Å². The van der Waals surface area contributed by atoms with Gasteiger partial charge in [-0.1, -0.05) is 11.6 Å². The summed E-state index contributed by atoms with van der Waals surface area (Å²) >= 11 is 5.89. The van der Waals surface area contributed by atoms with E-state index in [4.69, 9.17) is 16.3 Å². The van der Waals surface area contributed by atoms with Gasteiger partial charge in [0, 0.05) is 11.6 Å². The molecule has 0 amide bonds. The molecule has 0 aliphatic carbocycles. The summed E-state index contributed by atoms with van der Waals surface area (Å²) in [6, 6.07) is 6.13. The van der Waals surface area contributed by atoms with E-state index >= 15 is 0 Å². The Bertz CT molecular complexity index is 802. The minimum atomic E-state index is -0.428. The molecule has 2 aromatic heterocycles. The largest absolute Gasteiger partial charge is 0.494 e. The molecule has 20 heavy (non-hydrogen) atoms. The van der Waals surface area contributed by atoms with Gasteiger partial charge in [-0.05, 0) is 25.1 Å². The van der Waals surface area contributed by atoms with Gasteiger partial charge in [0.15, 0.2) is 23.0 Å². The Morgan fingerprint density at radius 1 is 1.25 bits per heavy atom. The number of rotatable bonds is 2. The first-order valence-corrected chi connectivity index (χ1v) is 6.20. The van der Waals surface area contributed by atoms with Crippen molar-refractivity contribution in [2.24, 2.45) is 0 Å². The number of fused-ring (bicyclic) bond motifs is 1. The van der Waals surface area contributed by atoms with Crippen LogP contribution < -0.4 is 4.74 Å². The van der Waals surface area contributed by atoms with Crippen LogP contribution in [-0.4, -0.2) is 26.7 Å². The van der Waals surface area contributed by atoms with E-state index in [2.05, 4.69) is 15.2 Å². The van der Waals surface area contributed by atoms with Crippen LogP contribution >= 0.6 is 11.6 Å². The highest BCUT2D eigenvalue weighted by molar-refractivity contribution is 6.29. The predicted molar refractivity (Wildman–Crippen MR) is 72.5 cm³/mol. The molecule has 3 rings (SSSR count). The van der Waals surface area contributed by atoms with Crippen LogP contribution in [0.3, 0.4) is 0 Å². The van der Waals surface area contributed by atoms with Crippen LogP contribution in [0.5, 0.6) is 5.75 Å². The van der Waals surface area contributed by atoms with E-state index in [9.17, 15) is 4.39 Å². The maximum atomic E-state index is 13.5. The van der Waals surface area contributed by atoms with Gasteiger partial charge in [0.25, 0.3) is 0 Å². The van der Waals surface area contributed by atoms with Crippen LogP contribution in [0, 0.1) is 12.7 Å². The van der Waals surface area contributed by atoms with Gasteiger partial charge in [-0.15, -0.1) is 10.2 Å². The van der Waals surface area contributed by atoms with Gasteiger partial charge in [-0.25, -0.2) is 9.37 Å². The van der Waals surface area contributed by atoms with Crippen LogP contribution in [0.4, 0.5) is 4.39 Å². The summed E-state index contributed by atoms with van der Waals surface area (Å²) < 4.78 is 20.2. The summed E-state index contributed by atoms with van der Waals surface area (Å²) in [6.07, 6.45) is 0. The fourth-order valence-electron chi connectivity index (χ4n) is 2.04. The molecular weight excluding hydrogens is 283 g/mol. The zero-order chi connectivity index (χ0) is 14.3. The quantitative estimate of drug-likeness (QED) is 0.682. The molecule has 0 aliphatic heterocycles. The minimum Gasteiger partial charge on any atom is -0.494 e. The van der Waals surface area contributed by atoms with E-state index in [1.165, 1.54) is 13.2 Å². The first-order chi connectivity index (χ1) is 9.60. The lowest BCUT2D eigenvalue weighted by Gasteiger charge is -2.06. The molecule has 1 aromatic carbocycles. The second-order valence-corrected chi connectivity index (χ2v) is 4.58. The molecule has 0 unspecified atom stereocenters. The van der Waals surface area contributed by atoms with Crippen LogP contribution in [-0.2, 0) is 0 Å². The fraction of sp³-hybridized carbons (Fsp3) is 0.154. The second-order valence-electron chi connectivity index (χ2n) is 4.19. The fourth-order valence-corrected chi connectivity index (χ4v) is 2.26. The molecule has 102 valence electrons. The van der Waals surface area contributed by atoms with Crippen LogP contribution in [0.15, 0.2) is 24.3 Å². The van der Waals surface area contributed by atoms with E-state index in [0.717, 1.165) is 0 Å². The van der Waals surface area contributed by atoms with Crippen molar-refractivity contribution >= 4 is 17.2 Å². The van der Waals surface area contributed by atoms with Gasteiger partial charge >= 0.3 is 0 Å². The van der Waals surface area contributed by atoms with Gasteiger partial charge in [0.05, 0.1) is 7.11 Å². The number of benzene rings is 1. The first-order valence-electron chi connectivity index (χ1n) is 5.82. The molecular formula is C13H10ClFN4O. The Labute approximate surface area is 119 Å². The molecule has 5 nitrogen and oxygen atoms in total. The van der Waals surface area contributed by atoms with Gasteiger partial charge in [0.1, 0.15) is 11.0 Å². The molecule has 0 N–H and O–H groups in total. The number of hydrogen-bond donors (Lipinski definition) is 0. The average molecular weight is 293 g/mol. The Balaban J connectivity index is 2.25. The molecule has 0 aliphatic rings.